The Morgan fingerprint density at radius 2 is 1.73 bits per heavy atom. The molecule has 0 heterocycles. The molecule has 2 aromatic rings. The van der Waals surface area contributed by atoms with Gasteiger partial charge in [-0.05, 0) is 67.5 Å². The molecule has 6 nitrogen and oxygen atoms in total. The molecule has 2 amide bonds. The van der Waals surface area contributed by atoms with Crippen molar-refractivity contribution >= 4 is 46.4 Å². The number of methoxy groups -OCH3 is 1. The lowest BCUT2D eigenvalue weighted by molar-refractivity contribution is 0.0926. The second-order valence-corrected chi connectivity index (χ2v) is 7.96. The number of amides is 2. The molecule has 3 rings (SSSR count). The Kier molecular flexibility index (Phi) is 7.65. The van der Waals surface area contributed by atoms with Crippen molar-refractivity contribution in [3.63, 3.8) is 0 Å². The van der Waals surface area contributed by atoms with Crippen LogP contribution in [0.3, 0.4) is 0 Å². The summed E-state index contributed by atoms with van der Waals surface area (Å²) < 4.78 is 5.08. The van der Waals surface area contributed by atoms with E-state index in [1.165, 1.54) is 6.42 Å². The van der Waals surface area contributed by atoms with E-state index in [1.807, 2.05) is 0 Å². The monoisotopic (exact) mass is 445 g/mol. The molecule has 0 unspecified atom stereocenters. The number of nitrogens with one attached hydrogen (secondary N) is 3. The van der Waals surface area contributed by atoms with Crippen LogP contribution in [0.5, 0.6) is 5.75 Å². The second-order valence-electron chi connectivity index (χ2n) is 7.14. The normalized spacial score (nSPS) is 13.9. The van der Waals surface area contributed by atoms with Crippen LogP contribution in [0.15, 0.2) is 42.5 Å². The summed E-state index contributed by atoms with van der Waals surface area (Å²) in [5.74, 6) is 0.107. The minimum atomic E-state index is -0.348. The molecule has 1 fully saturated rings. The van der Waals surface area contributed by atoms with Crippen LogP contribution >= 0.6 is 23.8 Å². The maximum Gasteiger partial charge on any atom is 0.257 e. The number of carbonyl (C=O) groups is 2. The number of rotatable bonds is 5. The third-order valence-corrected chi connectivity index (χ3v) is 5.52. The molecule has 1 aliphatic rings. The maximum atomic E-state index is 12.7. The molecule has 158 valence electrons. The lowest BCUT2D eigenvalue weighted by Gasteiger charge is -2.23. The molecule has 8 heteroatoms. The minimum Gasteiger partial charge on any atom is -0.497 e. The van der Waals surface area contributed by atoms with Crippen molar-refractivity contribution in [3.05, 3.63) is 58.6 Å². The molecule has 0 spiro atoms. The van der Waals surface area contributed by atoms with Crippen LogP contribution in [0, 0.1) is 0 Å². The van der Waals surface area contributed by atoms with E-state index in [4.69, 9.17) is 28.6 Å². The molecule has 2 aromatic carbocycles. The number of benzene rings is 2. The topological polar surface area (TPSA) is 79.5 Å². The Labute approximate surface area is 186 Å². The van der Waals surface area contributed by atoms with E-state index in [-0.39, 0.29) is 23.0 Å². The van der Waals surface area contributed by atoms with Gasteiger partial charge in [-0.3, -0.25) is 14.9 Å². The van der Waals surface area contributed by atoms with E-state index in [0.29, 0.717) is 27.6 Å². The number of thiocarbonyl (C=S) groups is 1. The van der Waals surface area contributed by atoms with E-state index in [9.17, 15) is 9.59 Å². The summed E-state index contributed by atoms with van der Waals surface area (Å²) in [6, 6.07) is 11.8. The fraction of sp³-hybridized carbons (Fsp3) is 0.318. The predicted molar refractivity (Wildman–Crippen MR) is 122 cm³/mol. The van der Waals surface area contributed by atoms with Gasteiger partial charge in [-0.25, -0.2) is 0 Å². The smallest absolute Gasteiger partial charge is 0.257 e. The minimum absolute atomic E-state index is 0.122. The Hall–Kier alpha value is -2.64. The van der Waals surface area contributed by atoms with Crippen molar-refractivity contribution in [2.45, 2.75) is 38.1 Å². The van der Waals surface area contributed by atoms with E-state index < -0.39 is 0 Å². The fourth-order valence-corrected chi connectivity index (χ4v) is 3.78. The van der Waals surface area contributed by atoms with Crippen LogP contribution in [0.25, 0.3) is 0 Å². The number of hydrogen-bond acceptors (Lipinski definition) is 4. The van der Waals surface area contributed by atoms with Crippen molar-refractivity contribution in [1.82, 2.24) is 10.6 Å². The SMILES string of the molecule is COc1ccc(C(=O)NC(=S)Nc2ccc(Cl)c(C(=O)NC3CCCCC3)c2)cc1. The number of anilines is 1. The summed E-state index contributed by atoms with van der Waals surface area (Å²) in [6.45, 7) is 0. The summed E-state index contributed by atoms with van der Waals surface area (Å²) >= 11 is 11.5. The molecule has 3 N–H and O–H groups in total. The molecule has 0 atom stereocenters. The molecular weight excluding hydrogens is 422 g/mol. The van der Waals surface area contributed by atoms with Gasteiger partial charge in [0.15, 0.2) is 5.11 Å². The highest BCUT2D eigenvalue weighted by Crippen LogP contribution is 2.23. The summed E-state index contributed by atoms with van der Waals surface area (Å²) in [5, 5.41) is 9.09. The molecule has 0 aromatic heterocycles. The van der Waals surface area contributed by atoms with Crippen molar-refractivity contribution < 1.29 is 14.3 Å². The molecule has 0 bridgehead atoms. The highest BCUT2D eigenvalue weighted by molar-refractivity contribution is 7.80. The van der Waals surface area contributed by atoms with Gasteiger partial charge in [0.25, 0.3) is 11.8 Å². The van der Waals surface area contributed by atoms with Gasteiger partial charge < -0.3 is 15.4 Å². The summed E-state index contributed by atoms with van der Waals surface area (Å²) in [7, 11) is 1.56. The first kappa shape index (κ1) is 22.1. The average molecular weight is 446 g/mol. The summed E-state index contributed by atoms with van der Waals surface area (Å²) in [5.41, 5.74) is 1.38. The number of carbonyl (C=O) groups excluding carboxylic acids is 2. The van der Waals surface area contributed by atoms with Gasteiger partial charge in [0.2, 0.25) is 0 Å². The van der Waals surface area contributed by atoms with Gasteiger partial charge >= 0.3 is 0 Å². The maximum absolute atomic E-state index is 12.7. The Morgan fingerprint density at radius 3 is 2.40 bits per heavy atom. The highest BCUT2D eigenvalue weighted by atomic mass is 35.5. The molecule has 1 saturated carbocycles. The fourth-order valence-electron chi connectivity index (χ4n) is 3.37. The standard InChI is InChI=1S/C22H24ClN3O3S/c1-29-17-10-7-14(8-11-17)20(27)26-22(30)25-16-9-12-19(23)18(13-16)21(28)24-15-5-3-2-4-6-15/h7-13,15H,2-6H2,1H3,(H,24,28)(H2,25,26,27,30). The molecule has 30 heavy (non-hydrogen) atoms. The summed E-state index contributed by atoms with van der Waals surface area (Å²) in [4.78, 5) is 25.0. The zero-order chi connectivity index (χ0) is 21.5. The highest BCUT2D eigenvalue weighted by Gasteiger charge is 2.19. The second kappa shape index (κ2) is 10.4. The van der Waals surface area contributed by atoms with Gasteiger partial charge in [0.1, 0.15) is 5.75 Å². The van der Waals surface area contributed by atoms with Crippen molar-refractivity contribution in [3.8, 4) is 5.75 Å². The first-order chi connectivity index (χ1) is 14.5. The van der Waals surface area contributed by atoms with Gasteiger partial charge in [-0.15, -0.1) is 0 Å². The van der Waals surface area contributed by atoms with Gasteiger partial charge in [-0.1, -0.05) is 30.9 Å². The molecule has 0 saturated heterocycles. The quantitative estimate of drug-likeness (QED) is 0.589. The van der Waals surface area contributed by atoms with Gasteiger partial charge in [-0.2, -0.15) is 0 Å². The number of hydrogen-bond donors (Lipinski definition) is 3. The Bertz CT molecular complexity index is 928. The van der Waals surface area contributed by atoms with Crippen molar-refractivity contribution in [2.24, 2.45) is 0 Å². The molecule has 0 aliphatic heterocycles. The average Bonchev–Trinajstić information content (AvgIpc) is 2.75. The third-order valence-electron chi connectivity index (χ3n) is 4.99. The molecular formula is C22H24ClN3O3S. The van der Waals surface area contributed by atoms with Crippen LogP contribution in [0.2, 0.25) is 5.02 Å². The van der Waals surface area contributed by atoms with E-state index in [2.05, 4.69) is 16.0 Å². The van der Waals surface area contributed by atoms with Crippen LogP contribution < -0.4 is 20.7 Å². The zero-order valence-electron chi connectivity index (χ0n) is 16.7. The lowest BCUT2D eigenvalue weighted by Crippen LogP contribution is -2.36. The van der Waals surface area contributed by atoms with E-state index >= 15 is 0 Å². The van der Waals surface area contributed by atoms with Crippen LogP contribution in [0.4, 0.5) is 5.69 Å². The predicted octanol–water partition coefficient (Wildman–Crippen LogP) is 4.54. The van der Waals surface area contributed by atoms with Gasteiger partial charge in [0.05, 0.1) is 17.7 Å². The van der Waals surface area contributed by atoms with Crippen LogP contribution in [-0.2, 0) is 0 Å². The van der Waals surface area contributed by atoms with Crippen molar-refractivity contribution in [2.75, 3.05) is 12.4 Å². The van der Waals surface area contributed by atoms with Crippen LogP contribution in [-0.4, -0.2) is 30.1 Å². The van der Waals surface area contributed by atoms with Gasteiger partial charge in [0, 0.05) is 17.3 Å². The third kappa shape index (κ3) is 5.93. The summed E-state index contributed by atoms with van der Waals surface area (Å²) in [6.07, 6.45) is 5.45. The van der Waals surface area contributed by atoms with E-state index in [0.717, 1.165) is 25.7 Å². The lowest BCUT2D eigenvalue weighted by atomic mass is 9.95. The number of halogens is 1. The Morgan fingerprint density at radius 1 is 1.03 bits per heavy atom. The van der Waals surface area contributed by atoms with E-state index in [1.54, 1.807) is 49.6 Å². The number of ether oxygens (including phenoxy) is 1. The molecule has 1 aliphatic carbocycles. The first-order valence-corrected chi connectivity index (χ1v) is 10.6. The van der Waals surface area contributed by atoms with Crippen LogP contribution in [0.1, 0.15) is 52.8 Å². The first-order valence-electron chi connectivity index (χ1n) is 9.83. The zero-order valence-corrected chi connectivity index (χ0v) is 18.2. The molecule has 0 radical (unpaired) electrons. The Balaban J connectivity index is 1.61. The van der Waals surface area contributed by atoms with Crippen molar-refractivity contribution in [1.29, 1.82) is 0 Å². The largest absolute Gasteiger partial charge is 0.497 e.